The maximum atomic E-state index is 13.1. The fourth-order valence-corrected chi connectivity index (χ4v) is 6.85. The van der Waals surface area contributed by atoms with E-state index in [0.29, 0.717) is 17.1 Å². The van der Waals surface area contributed by atoms with Crippen LogP contribution in [0, 0.1) is 0 Å². The lowest BCUT2D eigenvalue weighted by Crippen LogP contribution is -2.38. The SMILES string of the molecule is CCNS(=O)(=O)c1cc(Nc2ccccn2)ccc1-c1cnc(C2CCC(NC(=O)OC(C)C)CC2)s1. The zero-order valence-electron chi connectivity index (χ0n) is 21.2. The van der Waals surface area contributed by atoms with Crippen molar-refractivity contribution in [3.63, 3.8) is 0 Å². The minimum absolute atomic E-state index is 0.0953. The molecule has 1 aromatic carbocycles. The molecule has 37 heavy (non-hydrogen) atoms. The van der Waals surface area contributed by atoms with Crippen molar-refractivity contribution in [1.29, 1.82) is 0 Å². The van der Waals surface area contributed by atoms with Crippen molar-refractivity contribution >= 4 is 39.0 Å². The number of benzene rings is 1. The topological polar surface area (TPSA) is 122 Å². The van der Waals surface area contributed by atoms with Crippen molar-refractivity contribution < 1.29 is 17.9 Å². The molecule has 1 saturated carbocycles. The molecule has 0 atom stereocenters. The van der Waals surface area contributed by atoms with E-state index >= 15 is 0 Å². The molecule has 2 heterocycles. The number of anilines is 2. The molecule has 2 aromatic heterocycles. The number of hydrogen-bond acceptors (Lipinski definition) is 8. The molecule has 0 spiro atoms. The van der Waals surface area contributed by atoms with Crippen molar-refractivity contribution in [1.82, 2.24) is 20.0 Å². The van der Waals surface area contributed by atoms with Gasteiger partial charge in [-0.1, -0.05) is 19.1 Å². The van der Waals surface area contributed by atoms with Crippen LogP contribution in [-0.4, -0.2) is 43.2 Å². The van der Waals surface area contributed by atoms with Crippen LogP contribution in [-0.2, 0) is 14.8 Å². The van der Waals surface area contributed by atoms with E-state index in [0.717, 1.165) is 35.6 Å². The summed E-state index contributed by atoms with van der Waals surface area (Å²) >= 11 is 1.53. The van der Waals surface area contributed by atoms with Crippen LogP contribution in [0.3, 0.4) is 0 Å². The van der Waals surface area contributed by atoms with Crippen molar-refractivity contribution in [3.05, 3.63) is 53.8 Å². The van der Waals surface area contributed by atoms with Gasteiger partial charge in [0.1, 0.15) is 5.82 Å². The molecule has 0 bridgehead atoms. The fourth-order valence-electron chi connectivity index (χ4n) is 4.38. The number of amides is 1. The number of thiazole rings is 1. The number of pyridine rings is 1. The number of carbonyl (C=O) groups is 1. The first kappa shape index (κ1) is 27.0. The smallest absolute Gasteiger partial charge is 0.407 e. The van der Waals surface area contributed by atoms with Gasteiger partial charge in [0, 0.05) is 42.1 Å². The summed E-state index contributed by atoms with van der Waals surface area (Å²) in [6, 6.07) is 10.9. The second kappa shape index (κ2) is 12.0. The Morgan fingerprint density at radius 1 is 1.14 bits per heavy atom. The Bertz CT molecular complexity index is 1300. The van der Waals surface area contributed by atoms with E-state index in [1.165, 1.54) is 11.3 Å². The Hall–Kier alpha value is -3.02. The molecule has 3 N–H and O–H groups in total. The van der Waals surface area contributed by atoms with E-state index in [1.54, 1.807) is 25.4 Å². The van der Waals surface area contributed by atoms with Gasteiger partial charge in [-0.3, -0.25) is 0 Å². The number of sulfonamides is 1. The largest absolute Gasteiger partial charge is 0.447 e. The number of ether oxygens (including phenoxy) is 1. The highest BCUT2D eigenvalue weighted by Crippen LogP contribution is 2.40. The van der Waals surface area contributed by atoms with Crippen LogP contribution in [0.2, 0.25) is 0 Å². The third kappa shape index (κ3) is 7.06. The maximum absolute atomic E-state index is 13.1. The van der Waals surface area contributed by atoms with Crippen LogP contribution in [0.25, 0.3) is 10.4 Å². The molecule has 0 radical (unpaired) electrons. The number of carbonyl (C=O) groups excluding carboxylic acids is 1. The van der Waals surface area contributed by atoms with Crippen LogP contribution in [0.1, 0.15) is 57.4 Å². The molecule has 0 aliphatic heterocycles. The molecular formula is C26H33N5O4S2. The number of hydrogen-bond donors (Lipinski definition) is 3. The number of rotatable bonds is 9. The van der Waals surface area contributed by atoms with E-state index in [1.807, 2.05) is 44.2 Å². The quantitative estimate of drug-likeness (QED) is 0.330. The lowest BCUT2D eigenvalue weighted by atomic mass is 9.86. The highest BCUT2D eigenvalue weighted by molar-refractivity contribution is 7.89. The van der Waals surface area contributed by atoms with Gasteiger partial charge in [-0.2, -0.15) is 0 Å². The van der Waals surface area contributed by atoms with Crippen LogP contribution in [0.4, 0.5) is 16.3 Å². The average molecular weight is 544 g/mol. The van der Waals surface area contributed by atoms with E-state index in [-0.39, 0.29) is 35.6 Å². The lowest BCUT2D eigenvalue weighted by molar-refractivity contribution is 0.109. The molecule has 3 aromatic rings. The number of alkyl carbamates (subject to hydrolysis) is 1. The van der Waals surface area contributed by atoms with Gasteiger partial charge < -0.3 is 15.4 Å². The highest BCUT2D eigenvalue weighted by atomic mass is 32.2. The average Bonchev–Trinajstić information content (AvgIpc) is 3.35. The molecule has 0 saturated heterocycles. The lowest BCUT2D eigenvalue weighted by Gasteiger charge is -2.28. The highest BCUT2D eigenvalue weighted by Gasteiger charge is 2.27. The van der Waals surface area contributed by atoms with Crippen LogP contribution in [0.5, 0.6) is 0 Å². The zero-order valence-corrected chi connectivity index (χ0v) is 22.9. The second-order valence-electron chi connectivity index (χ2n) is 9.26. The van der Waals surface area contributed by atoms with Gasteiger partial charge in [0.2, 0.25) is 10.0 Å². The minimum Gasteiger partial charge on any atom is -0.447 e. The third-order valence-electron chi connectivity index (χ3n) is 6.07. The molecule has 1 aliphatic carbocycles. The first-order chi connectivity index (χ1) is 17.7. The fraction of sp³-hybridized carbons (Fsp3) is 0.423. The predicted octanol–water partition coefficient (Wildman–Crippen LogP) is 5.41. The van der Waals surface area contributed by atoms with Gasteiger partial charge in [0.15, 0.2) is 0 Å². The van der Waals surface area contributed by atoms with E-state index in [2.05, 4.69) is 25.3 Å². The van der Waals surface area contributed by atoms with Gasteiger partial charge in [0.25, 0.3) is 0 Å². The third-order valence-corrected chi connectivity index (χ3v) is 8.85. The van der Waals surface area contributed by atoms with Gasteiger partial charge in [-0.15, -0.1) is 11.3 Å². The molecule has 1 fully saturated rings. The zero-order chi connectivity index (χ0) is 26.4. The summed E-state index contributed by atoms with van der Waals surface area (Å²) in [5.74, 6) is 0.904. The molecule has 1 aliphatic rings. The van der Waals surface area contributed by atoms with Crippen molar-refractivity contribution in [2.24, 2.45) is 0 Å². The van der Waals surface area contributed by atoms with Crippen molar-refractivity contribution in [2.75, 3.05) is 11.9 Å². The standard InChI is InChI=1S/C26H33N5O4S2/c1-4-29-37(33,34)23-15-20(30-24-7-5-6-14-27-24)12-13-21(23)22-16-28-25(36-22)18-8-10-19(11-9-18)31-26(32)35-17(2)3/h5-7,12-19,29H,4,8-11H2,1-3H3,(H,27,30)(H,31,32). The first-order valence-corrected chi connectivity index (χ1v) is 14.8. The minimum atomic E-state index is -3.73. The summed E-state index contributed by atoms with van der Waals surface area (Å²) in [6.07, 6.45) is 6.41. The Morgan fingerprint density at radius 2 is 1.92 bits per heavy atom. The number of aromatic nitrogens is 2. The number of nitrogens with one attached hydrogen (secondary N) is 3. The Labute approximate surface area is 222 Å². The molecule has 9 nitrogen and oxygen atoms in total. The Balaban J connectivity index is 1.52. The summed E-state index contributed by atoms with van der Waals surface area (Å²) < 4.78 is 34.0. The normalized spacial score (nSPS) is 17.9. The summed E-state index contributed by atoms with van der Waals surface area (Å²) in [5, 5.41) is 7.10. The van der Waals surface area contributed by atoms with Crippen LogP contribution >= 0.6 is 11.3 Å². The van der Waals surface area contributed by atoms with E-state index in [4.69, 9.17) is 4.74 Å². The van der Waals surface area contributed by atoms with E-state index < -0.39 is 10.0 Å². The molecule has 4 rings (SSSR count). The number of nitrogens with zero attached hydrogens (tertiary/aromatic N) is 2. The summed E-state index contributed by atoms with van der Waals surface area (Å²) in [5.41, 5.74) is 1.24. The van der Waals surface area contributed by atoms with Gasteiger partial charge in [-0.05, 0) is 63.8 Å². The monoisotopic (exact) mass is 543 g/mol. The molecule has 198 valence electrons. The van der Waals surface area contributed by atoms with Crippen LogP contribution < -0.4 is 15.4 Å². The second-order valence-corrected chi connectivity index (χ2v) is 12.1. The summed E-state index contributed by atoms with van der Waals surface area (Å²) in [6.45, 7) is 5.70. The molecule has 0 unspecified atom stereocenters. The van der Waals surface area contributed by atoms with Crippen molar-refractivity contribution in [2.45, 2.75) is 69.4 Å². The van der Waals surface area contributed by atoms with Gasteiger partial charge in [-0.25, -0.2) is 27.9 Å². The van der Waals surface area contributed by atoms with Crippen LogP contribution in [0.15, 0.2) is 53.7 Å². The molecular weight excluding hydrogens is 510 g/mol. The molecule has 11 heteroatoms. The van der Waals surface area contributed by atoms with Gasteiger partial charge in [0.05, 0.1) is 20.9 Å². The van der Waals surface area contributed by atoms with Crippen molar-refractivity contribution in [3.8, 4) is 10.4 Å². The maximum Gasteiger partial charge on any atom is 0.407 e. The predicted molar refractivity (Wildman–Crippen MR) is 146 cm³/mol. The molecule has 1 amide bonds. The Morgan fingerprint density at radius 3 is 2.59 bits per heavy atom. The summed E-state index contributed by atoms with van der Waals surface area (Å²) in [7, 11) is -3.73. The van der Waals surface area contributed by atoms with Gasteiger partial charge >= 0.3 is 6.09 Å². The first-order valence-electron chi connectivity index (χ1n) is 12.5. The van der Waals surface area contributed by atoms with E-state index in [9.17, 15) is 13.2 Å². The summed E-state index contributed by atoms with van der Waals surface area (Å²) in [4.78, 5) is 21.8. The Kier molecular flexibility index (Phi) is 8.78.